The Morgan fingerprint density at radius 2 is 1.84 bits per heavy atom. The number of fused-ring (bicyclic) bond motifs is 1. The predicted octanol–water partition coefficient (Wildman–Crippen LogP) is 3.14. The molecule has 0 aliphatic rings. The molecule has 0 amide bonds. The summed E-state index contributed by atoms with van der Waals surface area (Å²) in [4.78, 5) is 4.40. The highest BCUT2D eigenvalue weighted by molar-refractivity contribution is 7.64. The molecule has 0 bridgehead atoms. The van der Waals surface area contributed by atoms with Crippen LogP contribution in [0.3, 0.4) is 0 Å². The molecule has 2 heterocycles. The molecule has 2 aromatic heterocycles. The second kappa shape index (κ2) is 6.61. The van der Waals surface area contributed by atoms with Gasteiger partial charge in [0.2, 0.25) is 0 Å². The van der Waals surface area contributed by atoms with E-state index in [0.717, 1.165) is 10.7 Å². The maximum Gasteiger partial charge on any atom is 0.573 e. The number of nitrogens with two attached hydrogens (primary N) is 1. The van der Waals surface area contributed by atoms with Gasteiger partial charge in [0.05, 0.1) is 16.8 Å². The molecule has 0 fully saturated rings. The molecule has 0 saturated carbocycles. The van der Waals surface area contributed by atoms with Crippen molar-refractivity contribution in [2.75, 3.05) is 13.3 Å². The van der Waals surface area contributed by atoms with Gasteiger partial charge in [0.15, 0.2) is 5.65 Å². The number of benzene rings is 1. The van der Waals surface area contributed by atoms with Crippen molar-refractivity contribution in [3.05, 3.63) is 42.2 Å². The first-order valence-electron chi connectivity index (χ1n) is 7.40. The second-order valence-electron chi connectivity index (χ2n) is 5.53. The van der Waals surface area contributed by atoms with Gasteiger partial charge in [0, 0.05) is 12.7 Å². The SMILES string of the molecule is CP(C)c1ccnc2c1c(CN)nn2-c1ccc(OC(F)(F)F)cc1. The number of alkyl halides is 3. The number of hydrogen-bond acceptors (Lipinski definition) is 4. The largest absolute Gasteiger partial charge is 0.573 e. The summed E-state index contributed by atoms with van der Waals surface area (Å²) >= 11 is 0. The van der Waals surface area contributed by atoms with E-state index in [4.69, 9.17) is 5.73 Å². The summed E-state index contributed by atoms with van der Waals surface area (Å²) < 4.78 is 42.3. The molecule has 3 aromatic rings. The van der Waals surface area contributed by atoms with E-state index in [-0.39, 0.29) is 20.2 Å². The molecule has 0 saturated heterocycles. The Morgan fingerprint density at radius 3 is 2.40 bits per heavy atom. The summed E-state index contributed by atoms with van der Waals surface area (Å²) in [5.74, 6) is -0.286. The van der Waals surface area contributed by atoms with Crippen molar-refractivity contribution < 1.29 is 17.9 Å². The zero-order chi connectivity index (χ0) is 18.2. The molecule has 0 atom stereocenters. The molecule has 2 N–H and O–H groups in total. The minimum Gasteiger partial charge on any atom is -0.406 e. The van der Waals surface area contributed by atoms with Crippen molar-refractivity contribution in [1.29, 1.82) is 0 Å². The van der Waals surface area contributed by atoms with Gasteiger partial charge in [0.1, 0.15) is 5.75 Å². The number of ether oxygens (including phenoxy) is 1. The summed E-state index contributed by atoms with van der Waals surface area (Å²) in [5, 5.41) is 6.56. The number of pyridine rings is 1. The smallest absolute Gasteiger partial charge is 0.406 e. The Morgan fingerprint density at radius 1 is 1.16 bits per heavy atom. The van der Waals surface area contributed by atoms with E-state index in [9.17, 15) is 13.2 Å². The van der Waals surface area contributed by atoms with E-state index in [2.05, 4.69) is 28.1 Å². The topological polar surface area (TPSA) is 66.0 Å². The van der Waals surface area contributed by atoms with Crippen LogP contribution in [0.25, 0.3) is 16.7 Å². The van der Waals surface area contributed by atoms with Crippen LogP contribution in [0, 0.1) is 0 Å². The fourth-order valence-corrected chi connectivity index (χ4v) is 3.62. The Bertz CT molecular complexity index is 891. The standard InChI is InChI=1S/C16H16F3N4OP/c1-25(2)13-7-8-21-15-14(13)12(9-20)22-23(15)10-3-5-11(6-4-10)24-16(17,18)19/h3-8H,9,20H2,1-2H3. The number of rotatable bonds is 4. The van der Waals surface area contributed by atoms with Crippen LogP contribution in [-0.2, 0) is 6.54 Å². The first-order valence-corrected chi connectivity index (χ1v) is 9.64. The number of halogens is 3. The van der Waals surface area contributed by atoms with E-state index in [1.807, 2.05) is 6.07 Å². The molecule has 25 heavy (non-hydrogen) atoms. The van der Waals surface area contributed by atoms with Gasteiger partial charge in [0.25, 0.3) is 0 Å². The normalized spacial score (nSPS) is 12.1. The highest BCUT2D eigenvalue weighted by Gasteiger charge is 2.31. The third-order valence-corrected chi connectivity index (χ3v) is 4.95. The lowest BCUT2D eigenvalue weighted by Gasteiger charge is -2.10. The van der Waals surface area contributed by atoms with Crippen LogP contribution in [0.4, 0.5) is 13.2 Å². The molecule has 3 rings (SSSR count). The quantitative estimate of drug-likeness (QED) is 0.719. The van der Waals surface area contributed by atoms with Crippen LogP contribution in [0.2, 0.25) is 0 Å². The van der Waals surface area contributed by atoms with Crippen LogP contribution in [0.15, 0.2) is 36.5 Å². The third kappa shape index (κ3) is 3.60. The summed E-state index contributed by atoms with van der Waals surface area (Å²) in [5.41, 5.74) is 7.76. The van der Waals surface area contributed by atoms with E-state index in [1.165, 1.54) is 24.3 Å². The molecule has 0 aliphatic carbocycles. The molecular formula is C16H16F3N4OP. The summed E-state index contributed by atoms with van der Waals surface area (Å²) in [6.07, 6.45) is -3.01. The highest BCUT2D eigenvalue weighted by Crippen LogP contribution is 2.31. The van der Waals surface area contributed by atoms with Crippen molar-refractivity contribution in [1.82, 2.24) is 14.8 Å². The fraction of sp³-hybridized carbons (Fsp3) is 0.250. The Labute approximate surface area is 143 Å². The van der Waals surface area contributed by atoms with Crippen molar-refractivity contribution in [3.63, 3.8) is 0 Å². The van der Waals surface area contributed by atoms with Crippen molar-refractivity contribution in [2.45, 2.75) is 12.9 Å². The molecular weight excluding hydrogens is 352 g/mol. The Balaban J connectivity index is 2.09. The van der Waals surface area contributed by atoms with Gasteiger partial charge in [-0.05, 0) is 49.0 Å². The first-order chi connectivity index (χ1) is 11.8. The van der Waals surface area contributed by atoms with Gasteiger partial charge >= 0.3 is 6.36 Å². The lowest BCUT2D eigenvalue weighted by atomic mass is 10.2. The van der Waals surface area contributed by atoms with Crippen molar-refractivity contribution in [2.24, 2.45) is 5.73 Å². The van der Waals surface area contributed by atoms with Gasteiger partial charge in [-0.2, -0.15) is 5.10 Å². The second-order valence-corrected chi connectivity index (χ2v) is 7.80. The lowest BCUT2D eigenvalue weighted by Crippen LogP contribution is -2.17. The maximum atomic E-state index is 12.3. The van der Waals surface area contributed by atoms with E-state index >= 15 is 0 Å². The molecule has 0 aliphatic heterocycles. The predicted molar refractivity (Wildman–Crippen MR) is 91.8 cm³/mol. The van der Waals surface area contributed by atoms with Gasteiger partial charge in [-0.1, -0.05) is 7.92 Å². The third-order valence-electron chi connectivity index (χ3n) is 3.61. The Kier molecular flexibility index (Phi) is 4.67. The fourth-order valence-electron chi connectivity index (χ4n) is 2.58. The van der Waals surface area contributed by atoms with Gasteiger partial charge < -0.3 is 10.5 Å². The first kappa shape index (κ1) is 17.6. The van der Waals surface area contributed by atoms with Crippen LogP contribution in [-0.4, -0.2) is 34.5 Å². The number of hydrogen-bond donors (Lipinski definition) is 1. The zero-order valence-corrected chi connectivity index (χ0v) is 14.5. The van der Waals surface area contributed by atoms with Gasteiger partial charge in [-0.25, -0.2) is 9.67 Å². The lowest BCUT2D eigenvalue weighted by molar-refractivity contribution is -0.274. The van der Waals surface area contributed by atoms with E-state index in [1.54, 1.807) is 10.9 Å². The minimum absolute atomic E-state index is 0.251. The van der Waals surface area contributed by atoms with Crippen molar-refractivity contribution >= 4 is 24.3 Å². The molecule has 0 unspecified atom stereocenters. The Hall–Kier alpha value is -2.18. The molecule has 5 nitrogen and oxygen atoms in total. The molecule has 0 radical (unpaired) electrons. The summed E-state index contributed by atoms with van der Waals surface area (Å²) in [6, 6.07) is 7.45. The maximum absolute atomic E-state index is 12.3. The van der Waals surface area contributed by atoms with Crippen LogP contribution in [0.1, 0.15) is 5.69 Å². The van der Waals surface area contributed by atoms with E-state index < -0.39 is 6.36 Å². The molecule has 1 aromatic carbocycles. The summed E-state index contributed by atoms with van der Waals surface area (Å²) in [6.45, 7) is 4.51. The molecule has 0 spiro atoms. The van der Waals surface area contributed by atoms with Gasteiger partial charge in [-0.15, -0.1) is 13.2 Å². The average Bonchev–Trinajstić information content (AvgIpc) is 2.93. The average molecular weight is 368 g/mol. The minimum atomic E-state index is -4.72. The van der Waals surface area contributed by atoms with Crippen LogP contribution in [0.5, 0.6) is 5.75 Å². The monoisotopic (exact) mass is 368 g/mol. The molecule has 9 heteroatoms. The van der Waals surface area contributed by atoms with Crippen LogP contribution < -0.4 is 15.8 Å². The molecule has 132 valence electrons. The zero-order valence-electron chi connectivity index (χ0n) is 13.6. The summed E-state index contributed by atoms with van der Waals surface area (Å²) in [7, 11) is -0.388. The number of nitrogens with zero attached hydrogens (tertiary/aromatic N) is 3. The van der Waals surface area contributed by atoms with Crippen LogP contribution >= 0.6 is 7.92 Å². The number of aromatic nitrogens is 3. The van der Waals surface area contributed by atoms with Crippen molar-refractivity contribution in [3.8, 4) is 11.4 Å². The van der Waals surface area contributed by atoms with E-state index in [0.29, 0.717) is 17.0 Å². The van der Waals surface area contributed by atoms with Gasteiger partial charge in [-0.3, -0.25) is 0 Å². The highest BCUT2D eigenvalue weighted by atomic mass is 31.1.